The van der Waals surface area contributed by atoms with E-state index in [1.807, 2.05) is 12.1 Å². The molecule has 0 spiro atoms. The average molecular weight is 556 g/mol. The van der Waals surface area contributed by atoms with Crippen molar-refractivity contribution in [3.8, 4) is 5.75 Å². The molecule has 0 saturated carbocycles. The highest BCUT2D eigenvalue weighted by Crippen LogP contribution is 2.29. The molecule has 1 saturated heterocycles. The molecule has 10 heteroatoms. The minimum Gasteiger partial charge on any atom is -0.488 e. The molecule has 4 amide bonds. The zero-order valence-corrected chi connectivity index (χ0v) is 20.2. The van der Waals surface area contributed by atoms with Gasteiger partial charge in [-0.05, 0) is 54.6 Å². The lowest BCUT2D eigenvalue weighted by molar-refractivity contribution is -0.122. The summed E-state index contributed by atoms with van der Waals surface area (Å²) in [6, 6.07) is 16.5. The first-order valence-corrected chi connectivity index (χ1v) is 11.3. The van der Waals surface area contributed by atoms with Crippen LogP contribution in [0, 0.1) is 0 Å². The Kier molecular flexibility index (Phi) is 6.99. The van der Waals surface area contributed by atoms with Gasteiger partial charge in [-0.3, -0.25) is 14.9 Å². The summed E-state index contributed by atoms with van der Waals surface area (Å²) in [4.78, 5) is 50.0. The van der Waals surface area contributed by atoms with Crippen molar-refractivity contribution < 1.29 is 29.0 Å². The lowest BCUT2D eigenvalue weighted by atomic mass is 10.1. The maximum atomic E-state index is 13.2. The van der Waals surface area contributed by atoms with Crippen molar-refractivity contribution >= 4 is 63.1 Å². The van der Waals surface area contributed by atoms with E-state index in [9.17, 15) is 19.2 Å². The van der Waals surface area contributed by atoms with Crippen LogP contribution in [0.3, 0.4) is 0 Å². The van der Waals surface area contributed by atoms with E-state index in [0.29, 0.717) is 20.8 Å². The van der Waals surface area contributed by atoms with E-state index in [-0.39, 0.29) is 23.4 Å². The Morgan fingerprint density at radius 1 is 1.06 bits per heavy atom. The molecule has 176 valence electrons. The monoisotopic (exact) mass is 554 g/mol. The van der Waals surface area contributed by atoms with Crippen LogP contribution < -0.4 is 15.0 Å². The number of anilines is 1. The van der Waals surface area contributed by atoms with Gasteiger partial charge in [-0.15, -0.1) is 0 Å². The number of ether oxygens (including phenoxy) is 1. The number of carboxylic acid groups (broad SMARTS) is 1. The summed E-state index contributed by atoms with van der Waals surface area (Å²) in [5.74, 6) is -2.49. The van der Waals surface area contributed by atoms with Crippen LogP contribution in [0.15, 0.2) is 76.8 Å². The van der Waals surface area contributed by atoms with Crippen molar-refractivity contribution in [2.45, 2.75) is 6.61 Å². The summed E-state index contributed by atoms with van der Waals surface area (Å²) in [6.07, 6.45) is 1.33. The van der Waals surface area contributed by atoms with Crippen LogP contribution in [0.5, 0.6) is 5.75 Å². The summed E-state index contributed by atoms with van der Waals surface area (Å²) < 4.78 is 6.59. The second-order valence-electron chi connectivity index (χ2n) is 7.37. The fourth-order valence-corrected chi connectivity index (χ4v) is 3.90. The topological polar surface area (TPSA) is 113 Å². The Morgan fingerprint density at radius 2 is 1.77 bits per heavy atom. The van der Waals surface area contributed by atoms with E-state index in [1.54, 1.807) is 30.3 Å². The van der Waals surface area contributed by atoms with Gasteiger partial charge in [-0.25, -0.2) is 14.5 Å². The highest BCUT2D eigenvalue weighted by Gasteiger charge is 2.37. The van der Waals surface area contributed by atoms with Crippen molar-refractivity contribution in [2.75, 3.05) is 4.90 Å². The molecule has 3 aromatic carbocycles. The minimum atomic E-state index is -1.15. The molecule has 1 aliphatic rings. The van der Waals surface area contributed by atoms with Crippen LogP contribution in [0.1, 0.15) is 21.5 Å². The van der Waals surface area contributed by atoms with E-state index in [2.05, 4.69) is 21.2 Å². The number of nitrogens with zero attached hydrogens (tertiary/aromatic N) is 1. The Labute approximate surface area is 212 Å². The van der Waals surface area contributed by atoms with E-state index in [0.717, 1.165) is 10.5 Å². The number of nitrogens with one attached hydrogen (secondary N) is 1. The molecule has 2 N–H and O–H groups in total. The molecule has 0 bridgehead atoms. The number of aromatic carboxylic acids is 1. The third-order valence-corrected chi connectivity index (χ3v) is 5.95. The van der Waals surface area contributed by atoms with Gasteiger partial charge in [0.2, 0.25) is 0 Å². The van der Waals surface area contributed by atoms with Gasteiger partial charge in [-0.2, -0.15) is 0 Å². The molecule has 0 atom stereocenters. The molecular weight excluding hydrogens is 540 g/mol. The van der Waals surface area contributed by atoms with Crippen LogP contribution >= 0.6 is 27.5 Å². The maximum Gasteiger partial charge on any atom is 0.335 e. The van der Waals surface area contributed by atoms with Gasteiger partial charge in [0.05, 0.1) is 11.3 Å². The first-order valence-electron chi connectivity index (χ1n) is 10.1. The number of carbonyl (C=O) groups excluding carboxylic acids is 3. The number of urea groups is 1. The first kappa shape index (κ1) is 24.2. The van der Waals surface area contributed by atoms with E-state index in [4.69, 9.17) is 21.4 Å². The van der Waals surface area contributed by atoms with Gasteiger partial charge in [0, 0.05) is 20.6 Å². The van der Waals surface area contributed by atoms with Crippen LogP contribution in [-0.4, -0.2) is 28.9 Å². The second-order valence-corrected chi connectivity index (χ2v) is 8.69. The van der Waals surface area contributed by atoms with E-state index >= 15 is 0 Å². The molecular formula is C25H16BrClN2O6. The minimum absolute atomic E-state index is 0.0140. The normalized spacial score (nSPS) is 14.7. The standard InChI is InChI=1S/C25H16BrClN2O6/c26-17-7-10-21(35-13-15-3-1-2-4-20(15)27)16(11-17)12-19-22(30)28-25(34)29(23(19)31)18-8-5-14(6-9-18)24(32)33/h1-12H,13H2,(H,32,33)(H,28,30,34)/b19-12+. The summed E-state index contributed by atoms with van der Waals surface area (Å²) in [5.41, 5.74) is 0.969. The van der Waals surface area contributed by atoms with Crippen molar-refractivity contribution in [1.82, 2.24) is 5.32 Å². The van der Waals surface area contributed by atoms with E-state index < -0.39 is 23.8 Å². The molecule has 3 aromatic rings. The molecule has 4 rings (SSSR count). The highest BCUT2D eigenvalue weighted by atomic mass is 79.9. The molecule has 1 aliphatic heterocycles. The van der Waals surface area contributed by atoms with Gasteiger partial charge in [0.15, 0.2) is 0 Å². The number of rotatable bonds is 6. The summed E-state index contributed by atoms with van der Waals surface area (Å²) in [7, 11) is 0. The van der Waals surface area contributed by atoms with Crippen LogP contribution in [0.25, 0.3) is 6.08 Å². The van der Waals surface area contributed by atoms with Crippen LogP contribution in [0.4, 0.5) is 10.5 Å². The van der Waals surface area contributed by atoms with Crippen molar-refractivity contribution in [3.63, 3.8) is 0 Å². The Morgan fingerprint density at radius 3 is 2.46 bits per heavy atom. The molecule has 0 unspecified atom stereocenters. The predicted molar refractivity (Wildman–Crippen MR) is 132 cm³/mol. The number of imide groups is 2. The number of benzene rings is 3. The molecule has 0 aromatic heterocycles. The number of hydrogen-bond donors (Lipinski definition) is 2. The quantitative estimate of drug-likeness (QED) is 0.325. The third kappa shape index (κ3) is 5.26. The van der Waals surface area contributed by atoms with Crippen LogP contribution in [-0.2, 0) is 16.2 Å². The SMILES string of the molecule is O=C1NC(=O)N(c2ccc(C(=O)O)cc2)C(=O)/C1=C/c1cc(Br)ccc1OCc1ccccc1Cl. The number of amides is 4. The number of carboxylic acids is 1. The number of hydrogen-bond acceptors (Lipinski definition) is 5. The smallest absolute Gasteiger partial charge is 0.335 e. The lowest BCUT2D eigenvalue weighted by Gasteiger charge is -2.26. The fourth-order valence-electron chi connectivity index (χ4n) is 3.34. The molecule has 35 heavy (non-hydrogen) atoms. The highest BCUT2D eigenvalue weighted by molar-refractivity contribution is 9.10. The average Bonchev–Trinajstić information content (AvgIpc) is 2.82. The number of carbonyl (C=O) groups is 4. The Balaban J connectivity index is 1.67. The first-order chi connectivity index (χ1) is 16.7. The van der Waals surface area contributed by atoms with Crippen LogP contribution in [0.2, 0.25) is 5.02 Å². The van der Waals surface area contributed by atoms with Gasteiger partial charge in [0.25, 0.3) is 11.8 Å². The number of halogens is 2. The zero-order chi connectivity index (χ0) is 25.1. The van der Waals surface area contributed by atoms with Gasteiger partial charge in [0.1, 0.15) is 17.9 Å². The molecule has 8 nitrogen and oxygen atoms in total. The van der Waals surface area contributed by atoms with Crippen molar-refractivity contribution in [1.29, 1.82) is 0 Å². The fraction of sp³-hybridized carbons (Fsp3) is 0.0400. The van der Waals surface area contributed by atoms with Gasteiger partial charge < -0.3 is 9.84 Å². The van der Waals surface area contributed by atoms with Crippen molar-refractivity contribution in [2.24, 2.45) is 0 Å². The summed E-state index contributed by atoms with van der Waals surface area (Å²) >= 11 is 9.57. The molecule has 0 radical (unpaired) electrons. The zero-order valence-electron chi connectivity index (χ0n) is 17.8. The third-order valence-electron chi connectivity index (χ3n) is 5.09. The molecule has 0 aliphatic carbocycles. The lowest BCUT2D eigenvalue weighted by Crippen LogP contribution is -2.54. The predicted octanol–water partition coefficient (Wildman–Crippen LogP) is 5.05. The second kappa shape index (κ2) is 10.1. The Bertz CT molecular complexity index is 1390. The van der Waals surface area contributed by atoms with E-state index in [1.165, 1.54) is 30.3 Å². The van der Waals surface area contributed by atoms with Gasteiger partial charge >= 0.3 is 12.0 Å². The molecule has 1 heterocycles. The summed E-state index contributed by atoms with van der Waals surface area (Å²) in [5, 5.41) is 11.7. The van der Waals surface area contributed by atoms with Gasteiger partial charge in [-0.1, -0.05) is 45.7 Å². The Hall–Kier alpha value is -3.95. The molecule has 1 fully saturated rings. The summed E-state index contributed by atoms with van der Waals surface area (Å²) in [6.45, 7) is 0.151. The largest absolute Gasteiger partial charge is 0.488 e. The maximum absolute atomic E-state index is 13.2. The number of barbiturate groups is 1. The van der Waals surface area contributed by atoms with Crippen molar-refractivity contribution in [3.05, 3.63) is 98.5 Å².